The molecule has 0 aromatic heterocycles. The number of likely N-dealkylation sites (tertiary alicyclic amines) is 1. The minimum atomic E-state index is 0.0183. The van der Waals surface area contributed by atoms with Gasteiger partial charge in [0.15, 0.2) is 0 Å². The number of anilines is 2. The minimum Gasteiger partial charge on any atom is -0.399 e. The summed E-state index contributed by atoms with van der Waals surface area (Å²) in [6.07, 6.45) is 1.02. The second-order valence-electron chi connectivity index (χ2n) is 5.73. The van der Waals surface area contributed by atoms with Crippen LogP contribution in [-0.2, 0) is 4.74 Å². The van der Waals surface area contributed by atoms with Crippen molar-refractivity contribution in [3.8, 4) is 0 Å². The second kappa shape index (κ2) is 5.91. The molecule has 1 aromatic rings. The number of morpholine rings is 1. The van der Waals surface area contributed by atoms with Crippen LogP contribution in [0.2, 0.25) is 0 Å². The lowest BCUT2D eigenvalue weighted by atomic mass is 10.1. The predicted molar refractivity (Wildman–Crippen MR) is 82.0 cm³/mol. The van der Waals surface area contributed by atoms with Gasteiger partial charge in [0.25, 0.3) is 5.91 Å². The van der Waals surface area contributed by atoms with Crippen LogP contribution in [0.4, 0.5) is 11.4 Å². The van der Waals surface area contributed by atoms with Crippen LogP contribution in [0.3, 0.4) is 0 Å². The Kier molecular flexibility index (Phi) is 3.98. The average Bonchev–Trinajstić information content (AvgIpc) is 2.96. The van der Waals surface area contributed by atoms with Crippen LogP contribution in [-0.4, -0.2) is 61.1 Å². The Morgan fingerprint density at radius 3 is 2.43 bits per heavy atom. The molecule has 6 heteroatoms. The molecule has 6 nitrogen and oxygen atoms in total. The van der Waals surface area contributed by atoms with E-state index in [9.17, 15) is 4.79 Å². The molecule has 0 spiro atoms. The summed E-state index contributed by atoms with van der Waals surface area (Å²) in [5, 5.41) is 0. The molecule has 1 atom stereocenters. The lowest BCUT2D eigenvalue weighted by molar-refractivity contribution is 0.0185. The molecule has 2 fully saturated rings. The number of amides is 1. The van der Waals surface area contributed by atoms with Gasteiger partial charge in [0.1, 0.15) is 0 Å². The maximum atomic E-state index is 12.6. The van der Waals surface area contributed by atoms with Crippen molar-refractivity contribution in [1.29, 1.82) is 0 Å². The summed E-state index contributed by atoms with van der Waals surface area (Å²) >= 11 is 0. The van der Waals surface area contributed by atoms with E-state index in [0.29, 0.717) is 23.0 Å². The number of nitrogens with two attached hydrogens (primary N) is 2. The van der Waals surface area contributed by atoms with E-state index < -0.39 is 0 Å². The van der Waals surface area contributed by atoms with E-state index in [2.05, 4.69) is 4.90 Å². The van der Waals surface area contributed by atoms with E-state index >= 15 is 0 Å². The molecule has 0 aliphatic carbocycles. The van der Waals surface area contributed by atoms with E-state index in [1.165, 1.54) is 0 Å². The first-order valence-corrected chi connectivity index (χ1v) is 7.40. The molecule has 4 N–H and O–H groups in total. The largest absolute Gasteiger partial charge is 0.399 e. The number of nitrogens with zero attached hydrogens (tertiary/aromatic N) is 2. The first-order valence-electron chi connectivity index (χ1n) is 7.40. The van der Waals surface area contributed by atoms with Gasteiger partial charge >= 0.3 is 0 Å². The summed E-state index contributed by atoms with van der Waals surface area (Å²) in [7, 11) is 0. The molecule has 21 heavy (non-hydrogen) atoms. The standard InChI is InChI=1S/C15H22N4O2/c16-12-7-11(8-13(17)9-12)15(20)19-2-1-14(10-19)18-3-5-21-6-4-18/h7-9,14H,1-6,10,16-17H2. The molecule has 1 amide bonds. The van der Waals surface area contributed by atoms with Crippen molar-refractivity contribution >= 4 is 17.3 Å². The summed E-state index contributed by atoms with van der Waals surface area (Å²) < 4.78 is 5.38. The molecule has 1 unspecified atom stereocenters. The summed E-state index contributed by atoms with van der Waals surface area (Å²) in [5.74, 6) is 0.0183. The molecule has 2 aliphatic rings. The fraction of sp³-hybridized carbons (Fsp3) is 0.533. The maximum Gasteiger partial charge on any atom is 0.254 e. The first kappa shape index (κ1) is 14.2. The zero-order valence-electron chi connectivity index (χ0n) is 12.1. The van der Waals surface area contributed by atoms with Crippen LogP contribution >= 0.6 is 0 Å². The topological polar surface area (TPSA) is 84.8 Å². The fourth-order valence-corrected chi connectivity index (χ4v) is 3.15. The van der Waals surface area contributed by atoms with Gasteiger partial charge in [-0.05, 0) is 24.6 Å². The number of hydrogen-bond acceptors (Lipinski definition) is 5. The van der Waals surface area contributed by atoms with Gasteiger partial charge in [-0.2, -0.15) is 0 Å². The Balaban J connectivity index is 1.66. The predicted octanol–water partition coefficient (Wildman–Crippen LogP) is 0.398. The Hall–Kier alpha value is -1.79. The SMILES string of the molecule is Nc1cc(N)cc(C(=O)N2CCC(N3CCOCC3)C2)c1. The summed E-state index contributed by atoms with van der Waals surface area (Å²) in [6, 6.07) is 5.50. The molecule has 0 bridgehead atoms. The van der Waals surface area contributed by atoms with Crippen molar-refractivity contribution in [2.24, 2.45) is 0 Å². The first-order chi connectivity index (χ1) is 10.1. The highest BCUT2D eigenvalue weighted by atomic mass is 16.5. The van der Waals surface area contributed by atoms with E-state index in [-0.39, 0.29) is 5.91 Å². The van der Waals surface area contributed by atoms with Crippen molar-refractivity contribution in [3.05, 3.63) is 23.8 Å². The number of carbonyl (C=O) groups is 1. The Morgan fingerprint density at radius 2 is 1.76 bits per heavy atom. The third kappa shape index (κ3) is 3.11. The maximum absolute atomic E-state index is 12.6. The fourth-order valence-electron chi connectivity index (χ4n) is 3.15. The monoisotopic (exact) mass is 290 g/mol. The van der Waals surface area contributed by atoms with E-state index in [1.54, 1.807) is 18.2 Å². The quantitative estimate of drug-likeness (QED) is 0.770. The van der Waals surface area contributed by atoms with Crippen LogP contribution in [0.5, 0.6) is 0 Å². The minimum absolute atomic E-state index is 0.0183. The number of carbonyl (C=O) groups excluding carboxylic acids is 1. The number of ether oxygens (including phenoxy) is 1. The third-order valence-corrected chi connectivity index (χ3v) is 4.24. The van der Waals surface area contributed by atoms with Gasteiger partial charge in [-0.1, -0.05) is 0 Å². The van der Waals surface area contributed by atoms with Crippen molar-refractivity contribution in [2.45, 2.75) is 12.5 Å². The van der Waals surface area contributed by atoms with Gasteiger partial charge in [-0.15, -0.1) is 0 Å². The van der Waals surface area contributed by atoms with Gasteiger partial charge < -0.3 is 21.1 Å². The second-order valence-corrected chi connectivity index (χ2v) is 5.73. The molecule has 0 saturated carbocycles. The smallest absolute Gasteiger partial charge is 0.254 e. The lowest BCUT2D eigenvalue weighted by Crippen LogP contribution is -2.45. The van der Waals surface area contributed by atoms with Crippen molar-refractivity contribution in [2.75, 3.05) is 50.9 Å². The summed E-state index contributed by atoms with van der Waals surface area (Å²) in [6.45, 7) is 5.05. The Morgan fingerprint density at radius 1 is 1.10 bits per heavy atom. The molecule has 1 aromatic carbocycles. The van der Waals surface area contributed by atoms with Crippen LogP contribution in [0.25, 0.3) is 0 Å². The van der Waals surface area contributed by atoms with Crippen LogP contribution < -0.4 is 11.5 Å². The molecule has 2 heterocycles. The number of rotatable bonds is 2. The highest BCUT2D eigenvalue weighted by molar-refractivity contribution is 5.96. The van der Waals surface area contributed by atoms with E-state index in [4.69, 9.17) is 16.2 Å². The average molecular weight is 290 g/mol. The normalized spacial score (nSPS) is 23.4. The number of hydrogen-bond donors (Lipinski definition) is 2. The number of benzene rings is 1. The highest BCUT2D eigenvalue weighted by Gasteiger charge is 2.31. The molecule has 3 rings (SSSR count). The zero-order chi connectivity index (χ0) is 14.8. The van der Waals surface area contributed by atoms with Gasteiger partial charge in [0.05, 0.1) is 13.2 Å². The van der Waals surface area contributed by atoms with Gasteiger partial charge in [0.2, 0.25) is 0 Å². The van der Waals surface area contributed by atoms with Crippen molar-refractivity contribution < 1.29 is 9.53 Å². The van der Waals surface area contributed by atoms with E-state index in [0.717, 1.165) is 45.8 Å². The van der Waals surface area contributed by atoms with Crippen molar-refractivity contribution in [1.82, 2.24) is 9.80 Å². The van der Waals surface area contributed by atoms with Crippen molar-refractivity contribution in [3.63, 3.8) is 0 Å². The lowest BCUT2D eigenvalue weighted by Gasteiger charge is -2.32. The van der Waals surface area contributed by atoms with Crippen LogP contribution in [0, 0.1) is 0 Å². The zero-order valence-corrected chi connectivity index (χ0v) is 12.1. The highest BCUT2D eigenvalue weighted by Crippen LogP contribution is 2.21. The molecule has 2 aliphatic heterocycles. The summed E-state index contributed by atoms with van der Waals surface area (Å²) in [5.41, 5.74) is 13.2. The summed E-state index contributed by atoms with van der Waals surface area (Å²) in [4.78, 5) is 16.9. The van der Waals surface area contributed by atoms with Gasteiger partial charge in [-0.25, -0.2) is 0 Å². The van der Waals surface area contributed by atoms with Gasteiger partial charge in [0, 0.05) is 49.2 Å². The molecule has 114 valence electrons. The molecule has 2 saturated heterocycles. The molecular formula is C15H22N4O2. The molecular weight excluding hydrogens is 268 g/mol. The van der Waals surface area contributed by atoms with Crippen LogP contribution in [0.15, 0.2) is 18.2 Å². The third-order valence-electron chi connectivity index (χ3n) is 4.24. The van der Waals surface area contributed by atoms with Gasteiger partial charge in [-0.3, -0.25) is 9.69 Å². The van der Waals surface area contributed by atoms with E-state index in [1.807, 2.05) is 4.90 Å². The van der Waals surface area contributed by atoms with Crippen LogP contribution in [0.1, 0.15) is 16.8 Å². The Bertz CT molecular complexity index is 508. The Labute approximate surface area is 124 Å². The number of nitrogen functional groups attached to an aromatic ring is 2. The molecule has 0 radical (unpaired) electrons.